The van der Waals surface area contributed by atoms with Crippen molar-refractivity contribution in [3.05, 3.63) is 42.2 Å². The van der Waals surface area contributed by atoms with Gasteiger partial charge in [-0.3, -0.25) is 4.68 Å². The third-order valence-corrected chi connectivity index (χ3v) is 4.79. The van der Waals surface area contributed by atoms with Gasteiger partial charge in [0.15, 0.2) is 5.82 Å². The van der Waals surface area contributed by atoms with E-state index in [9.17, 15) is 0 Å². The SMILES string of the molecule is CCOc1ncccc1-c1cc(NCc2ncn(C)n2)c(NC(C)CC)c(C(C)=N)n1. The average molecular weight is 423 g/mol. The number of anilines is 2. The van der Waals surface area contributed by atoms with Gasteiger partial charge in [0.05, 0.1) is 41.5 Å². The Hall–Kier alpha value is -3.49. The van der Waals surface area contributed by atoms with Crippen LogP contribution in [0.5, 0.6) is 5.88 Å². The summed E-state index contributed by atoms with van der Waals surface area (Å²) >= 11 is 0. The number of hydrogen-bond acceptors (Lipinski definition) is 8. The molecule has 3 N–H and O–H groups in total. The van der Waals surface area contributed by atoms with Crippen molar-refractivity contribution in [1.82, 2.24) is 24.7 Å². The van der Waals surface area contributed by atoms with Crippen LogP contribution in [0.2, 0.25) is 0 Å². The summed E-state index contributed by atoms with van der Waals surface area (Å²) in [6.45, 7) is 8.84. The molecule has 0 saturated heterocycles. The quantitative estimate of drug-likeness (QED) is 0.425. The van der Waals surface area contributed by atoms with Crippen molar-refractivity contribution in [3.63, 3.8) is 0 Å². The second-order valence-corrected chi connectivity index (χ2v) is 7.33. The van der Waals surface area contributed by atoms with Crippen LogP contribution in [0.4, 0.5) is 11.4 Å². The maximum atomic E-state index is 8.36. The minimum Gasteiger partial charge on any atom is -0.477 e. The number of aryl methyl sites for hydroxylation is 1. The first-order chi connectivity index (χ1) is 14.9. The summed E-state index contributed by atoms with van der Waals surface area (Å²) in [5.41, 5.74) is 4.04. The molecule has 1 unspecified atom stereocenters. The van der Waals surface area contributed by atoms with Gasteiger partial charge in [0.2, 0.25) is 5.88 Å². The fourth-order valence-electron chi connectivity index (χ4n) is 3.07. The average Bonchev–Trinajstić information content (AvgIpc) is 3.18. The highest BCUT2D eigenvalue weighted by Gasteiger charge is 2.19. The third kappa shape index (κ3) is 5.36. The predicted molar refractivity (Wildman–Crippen MR) is 123 cm³/mol. The van der Waals surface area contributed by atoms with Crippen molar-refractivity contribution in [2.24, 2.45) is 7.05 Å². The van der Waals surface area contributed by atoms with Crippen LogP contribution in [0.15, 0.2) is 30.7 Å². The van der Waals surface area contributed by atoms with Crippen molar-refractivity contribution in [2.45, 2.75) is 46.7 Å². The van der Waals surface area contributed by atoms with Crippen LogP contribution in [0, 0.1) is 5.41 Å². The highest BCUT2D eigenvalue weighted by atomic mass is 16.5. The van der Waals surface area contributed by atoms with Crippen molar-refractivity contribution in [1.29, 1.82) is 5.41 Å². The fraction of sp³-hybridized carbons (Fsp3) is 0.409. The topological polar surface area (TPSA) is 114 Å². The molecule has 3 aromatic rings. The zero-order chi connectivity index (χ0) is 22.4. The van der Waals surface area contributed by atoms with Gasteiger partial charge < -0.3 is 20.8 Å². The molecule has 3 aromatic heterocycles. The second kappa shape index (κ2) is 10.0. The first-order valence-electron chi connectivity index (χ1n) is 10.5. The molecule has 9 nitrogen and oxygen atoms in total. The van der Waals surface area contributed by atoms with Gasteiger partial charge in [-0.1, -0.05) is 6.92 Å². The van der Waals surface area contributed by atoms with Crippen molar-refractivity contribution in [2.75, 3.05) is 17.2 Å². The van der Waals surface area contributed by atoms with E-state index in [1.54, 1.807) is 24.1 Å². The lowest BCUT2D eigenvalue weighted by Gasteiger charge is -2.21. The molecular formula is C22H30N8O. The number of hydrogen-bond donors (Lipinski definition) is 3. The van der Waals surface area contributed by atoms with Crippen LogP contribution in [0.1, 0.15) is 45.6 Å². The second-order valence-electron chi connectivity index (χ2n) is 7.33. The van der Waals surface area contributed by atoms with Gasteiger partial charge in [-0.05, 0) is 45.4 Å². The number of nitrogens with one attached hydrogen (secondary N) is 3. The lowest BCUT2D eigenvalue weighted by molar-refractivity contribution is 0.328. The number of pyridine rings is 2. The zero-order valence-electron chi connectivity index (χ0n) is 18.7. The Balaban J connectivity index is 2.10. The van der Waals surface area contributed by atoms with E-state index in [1.807, 2.05) is 32.2 Å². The standard InChI is InChI=1S/C22H30N8O/c1-6-14(3)27-21-18(25-12-19-26-13-30(5)29-19)11-17(28-20(21)15(4)23)16-9-8-10-24-22(16)31-7-2/h8-11,13-14,23,27H,6-7,12H2,1-5H3,(H,25,28). The highest BCUT2D eigenvalue weighted by molar-refractivity contribution is 6.03. The lowest BCUT2D eigenvalue weighted by Crippen LogP contribution is -2.19. The van der Waals surface area contributed by atoms with E-state index >= 15 is 0 Å². The third-order valence-electron chi connectivity index (χ3n) is 4.79. The van der Waals surface area contributed by atoms with Crippen molar-refractivity contribution < 1.29 is 4.74 Å². The molecule has 9 heteroatoms. The maximum absolute atomic E-state index is 8.36. The Morgan fingerprint density at radius 1 is 1.29 bits per heavy atom. The number of aromatic nitrogens is 5. The van der Waals surface area contributed by atoms with E-state index in [0.717, 1.165) is 23.4 Å². The van der Waals surface area contributed by atoms with E-state index in [-0.39, 0.29) is 6.04 Å². The van der Waals surface area contributed by atoms with E-state index in [4.69, 9.17) is 15.1 Å². The normalized spacial score (nSPS) is 11.8. The Kier molecular flexibility index (Phi) is 7.17. The van der Waals surface area contributed by atoms with Gasteiger partial charge >= 0.3 is 0 Å². The first kappa shape index (κ1) is 22.2. The largest absolute Gasteiger partial charge is 0.477 e. The van der Waals surface area contributed by atoms with E-state index in [1.165, 1.54) is 0 Å². The molecule has 0 aliphatic carbocycles. The summed E-state index contributed by atoms with van der Waals surface area (Å²) in [6.07, 6.45) is 4.31. The summed E-state index contributed by atoms with van der Waals surface area (Å²) in [4.78, 5) is 13.5. The van der Waals surface area contributed by atoms with Crippen molar-refractivity contribution >= 4 is 17.1 Å². The zero-order valence-corrected chi connectivity index (χ0v) is 18.7. The van der Waals surface area contributed by atoms with Crippen LogP contribution in [0.3, 0.4) is 0 Å². The van der Waals surface area contributed by atoms with E-state index < -0.39 is 0 Å². The summed E-state index contributed by atoms with van der Waals surface area (Å²) in [6, 6.07) is 5.96. The molecule has 3 heterocycles. The monoisotopic (exact) mass is 422 g/mol. The molecule has 0 spiro atoms. The molecule has 0 amide bonds. The molecular weight excluding hydrogens is 392 g/mol. The first-order valence-corrected chi connectivity index (χ1v) is 10.5. The van der Waals surface area contributed by atoms with E-state index in [2.05, 4.69) is 39.5 Å². The van der Waals surface area contributed by atoms with Gasteiger partial charge in [0.25, 0.3) is 0 Å². The number of ether oxygens (including phenoxy) is 1. The Labute approximate surface area is 182 Å². The molecule has 1 atom stereocenters. The summed E-state index contributed by atoms with van der Waals surface area (Å²) in [5.74, 6) is 1.20. The Morgan fingerprint density at radius 3 is 2.74 bits per heavy atom. The smallest absolute Gasteiger partial charge is 0.222 e. The summed E-state index contributed by atoms with van der Waals surface area (Å²) < 4.78 is 7.38. The van der Waals surface area contributed by atoms with Crippen LogP contribution in [0.25, 0.3) is 11.3 Å². The molecule has 0 aromatic carbocycles. The van der Waals surface area contributed by atoms with Gasteiger partial charge in [-0.15, -0.1) is 0 Å². The molecule has 0 bridgehead atoms. The molecule has 0 aliphatic rings. The summed E-state index contributed by atoms with van der Waals surface area (Å²) in [7, 11) is 1.84. The number of rotatable bonds is 10. The maximum Gasteiger partial charge on any atom is 0.222 e. The number of nitrogens with zero attached hydrogens (tertiary/aromatic N) is 5. The van der Waals surface area contributed by atoms with Gasteiger partial charge in [0.1, 0.15) is 12.0 Å². The molecule has 0 saturated carbocycles. The molecule has 164 valence electrons. The minimum absolute atomic E-state index is 0.219. The molecule has 0 radical (unpaired) electrons. The predicted octanol–water partition coefficient (Wildman–Crippen LogP) is 3.88. The van der Waals surface area contributed by atoms with Gasteiger partial charge in [-0.25, -0.2) is 15.0 Å². The minimum atomic E-state index is 0.219. The van der Waals surface area contributed by atoms with Gasteiger partial charge in [0, 0.05) is 19.3 Å². The lowest BCUT2D eigenvalue weighted by atomic mass is 10.1. The van der Waals surface area contributed by atoms with Crippen molar-refractivity contribution in [3.8, 4) is 17.1 Å². The van der Waals surface area contributed by atoms with Crippen LogP contribution < -0.4 is 15.4 Å². The highest BCUT2D eigenvalue weighted by Crippen LogP contribution is 2.34. The van der Waals surface area contributed by atoms with Gasteiger partial charge in [-0.2, -0.15) is 5.10 Å². The molecule has 3 rings (SSSR count). The van der Waals surface area contributed by atoms with Crippen LogP contribution in [-0.2, 0) is 13.6 Å². The summed E-state index contributed by atoms with van der Waals surface area (Å²) in [5, 5.41) is 19.6. The Bertz CT molecular complexity index is 1050. The van der Waals surface area contributed by atoms with Crippen LogP contribution in [-0.4, -0.2) is 43.1 Å². The molecule has 0 aliphatic heterocycles. The molecule has 0 fully saturated rings. The van der Waals surface area contributed by atoms with Crippen LogP contribution >= 0.6 is 0 Å². The Morgan fingerprint density at radius 2 is 2.10 bits per heavy atom. The fourth-order valence-corrected chi connectivity index (χ4v) is 3.07. The molecule has 31 heavy (non-hydrogen) atoms. The van der Waals surface area contributed by atoms with E-state index in [0.29, 0.717) is 42.0 Å².